The average Bonchev–Trinajstić information content (AvgIpc) is 3.34. The molecule has 0 radical (unpaired) electrons. The maximum Gasteiger partial charge on any atom is 0.417 e. The number of hydrogen-bond donors (Lipinski definition) is 0. The number of nitriles is 1. The number of hydrogen-bond acceptors (Lipinski definition) is 9. The van der Waals surface area contributed by atoms with Crippen molar-refractivity contribution in [3.63, 3.8) is 0 Å². The molecular weight excluding hydrogens is 659 g/mol. The zero-order chi connectivity index (χ0) is 33.9. The number of carbonyl (C=O) groups excluding carboxylic acids is 4. The van der Waals surface area contributed by atoms with Crippen molar-refractivity contribution in [3.8, 4) is 23.1 Å². The number of alkyl halides is 3. The quantitative estimate of drug-likeness (QED) is 0.107. The van der Waals surface area contributed by atoms with Crippen molar-refractivity contribution in [3.05, 3.63) is 106 Å². The number of anilines is 1. The van der Waals surface area contributed by atoms with E-state index in [2.05, 4.69) is 4.98 Å². The Hall–Kier alpha value is -5.19. The SMILES string of the molecule is COc1ccc(-c2cc(C(F)(F)F)c(C#N)c(SC3CC(=O)N(c4ccc(C(=O)OCC(=O)c5ccc(Cl)cc5)cc4)C3=O)n2)cc1. The van der Waals surface area contributed by atoms with Crippen molar-refractivity contribution in [1.29, 1.82) is 5.26 Å². The molecule has 2 heterocycles. The molecule has 47 heavy (non-hydrogen) atoms. The maximum absolute atomic E-state index is 14.0. The van der Waals surface area contributed by atoms with Crippen LogP contribution in [0.25, 0.3) is 11.3 Å². The van der Waals surface area contributed by atoms with Gasteiger partial charge in [-0.1, -0.05) is 23.4 Å². The van der Waals surface area contributed by atoms with E-state index in [0.717, 1.165) is 11.0 Å². The first-order valence-electron chi connectivity index (χ1n) is 13.7. The number of halogens is 4. The third-order valence-electron chi connectivity index (χ3n) is 7.01. The zero-order valence-corrected chi connectivity index (χ0v) is 25.8. The molecule has 1 unspecified atom stereocenters. The third-order valence-corrected chi connectivity index (χ3v) is 8.43. The Morgan fingerprint density at radius 2 is 1.66 bits per heavy atom. The fourth-order valence-electron chi connectivity index (χ4n) is 4.63. The van der Waals surface area contributed by atoms with Gasteiger partial charge in [-0.25, -0.2) is 14.7 Å². The number of thioether (sulfide) groups is 1. The fraction of sp³-hybridized carbons (Fsp3) is 0.152. The van der Waals surface area contributed by atoms with Crippen molar-refractivity contribution in [1.82, 2.24) is 4.98 Å². The molecule has 0 saturated carbocycles. The van der Waals surface area contributed by atoms with Gasteiger partial charge in [-0.15, -0.1) is 0 Å². The van der Waals surface area contributed by atoms with Crippen LogP contribution in [0.15, 0.2) is 83.9 Å². The van der Waals surface area contributed by atoms with Gasteiger partial charge in [0.05, 0.1) is 40.4 Å². The molecule has 9 nitrogen and oxygen atoms in total. The monoisotopic (exact) mass is 679 g/mol. The lowest BCUT2D eigenvalue weighted by atomic mass is 10.1. The van der Waals surface area contributed by atoms with Gasteiger partial charge in [-0.3, -0.25) is 14.4 Å². The van der Waals surface area contributed by atoms with Crippen LogP contribution in [0.5, 0.6) is 5.75 Å². The summed E-state index contributed by atoms with van der Waals surface area (Å²) in [6.07, 6.45) is -5.28. The van der Waals surface area contributed by atoms with Crippen LogP contribution in [-0.4, -0.2) is 47.5 Å². The van der Waals surface area contributed by atoms with E-state index in [4.69, 9.17) is 21.1 Å². The van der Waals surface area contributed by atoms with Crippen LogP contribution in [0.3, 0.4) is 0 Å². The van der Waals surface area contributed by atoms with Crippen molar-refractivity contribution in [2.45, 2.75) is 22.9 Å². The van der Waals surface area contributed by atoms with E-state index >= 15 is 0 Å². The highest BCUT2D eigenvalue weighted by molar-refractivity contribution is 8.00. The molecule has 1 saturated heterocycles. The summed E-state index contributed by atoms with van der Waals surface area (Å²) in [6, 6.07) is 19.7. The first kappa shape index (κ1) is 33.2. The molecule has 3 aromatic carbocycles. The first-order chi connectivity index (χ1) is 22.4. The number of Topliss-reactive ketones (excluding diaryl/α,β-unsaturated/α-hetero) is 1. The number of nitrogens with zero attached hydrogens (tertiary/aromatic N) is 3. The van der Waals surface area contributed by atoms with Gasteiger partial charge in [-0.2, -0.15) is 18.4 Å². The van der Waals surface area contributed by atoms with Crippen molar-refractivity contribution in [2.75, 3.05) is 18.6 Å². The Morgan fingerprint density at radius 3 is 2.26 bits per heavy atom. The minimum absolute atomic E-state index is 0.0422. The standard InChI is InChI=1S/C33H21ClF3N3O6S/c1-45-23-12-6-18(7-13-23)26-14-25(33(35,36)37)24(16-38)30(39-26)47-28-15-29(42)40(31(28)43)22-10-4-20(5-11-22)32(44)46-17-27(41)19-2-8-21(34)9-3-19/h2-14,28H,15,17H2,1H3. The fourth-order valence-corrected chi connectivity index (χ4v) is 5.88. The van der Waals surface area contributed by atoms with E-state index in [-0.39, 0.29) is 28.4 Å². The molecule has 1 fully saturated rings. The Kier molecular flexibility index (Phi) is 9.64. The molecular formula is C33H21ClF3N3O6S. The van der Waals surface area contributed by atoms with Gasteiger partial charge in [-0.05, 0) is 78.9 Å². The van der Waals surface area contributed by atoms with Crippen molar-refractivity contribution >= 4 is 52.6 Å². The molecule has 0 spiro atoms. The Bertz CT molecular complexity index is 1910. The van der Waals surface area contributed by atoms with Crippen LogP contribution < -0.4 is 9.64 Å². The minimum atomic E-state index is -4.90. The van der Waals surface area contributed by atoms with E-state index in [0.29, 0.717) is 33.7 Å². The Labute approximate surface area is 274 Å². The van der Waals surface area contributed by atoms with E-state index in [9.17, 15) is 37.6 Å². The molecule has 1 aliphatic heterocycles. The van der Waals surface area contributed by atoms with Gasteiger partial charge in [0.25, 0.3) is 0 Å². The highest BCUT2D eigenvalue weighted by Gasteiger charge is 2.42. The lowest BCUT2D eigenvalue weighted by Gasteiger charge is -2.17. The minimum Gasteiger partial charge on any atom is -0.497 e. The average molecular weight is 680 g/mol. The van der Waals surface area contributed by atoms with Crippen LogP contribution in [-0.2, 0) is 20.5 Å². The topological polar surface area (TPSA) is 127 Å². The summed E-state index contributed by atoms with van der Waals surface area (Å²) in [6.45, 7) is -0.529. The molecule has 5 rings (SSSR count). The molecule has 4 aromatic rings. The van der Waals surface area contributed by atoms with Gasteiger partial charge in [0, 0.05) is 22.6 Å². The van der Waals surface area contributed by atoms with E-state index in [1.165, 1.54) is 79.9 Å². The molecule has 1 aromatic heterocycles. The number of pyridine rings is 1. The number of aromatic nitrogens is 1. The second-order valence-corrected chi connectivity index (χ2v) is 11.6. The number of rotatable bonds is 9. The molecule has 0 bridgehead atoms. The Balaban J connectivity index is 1.33. The largest absolute Gasteiger partial charge is 0.497 e. The number of amides is 2. The summed E-state index contributed by atoms with van der Waals surface area (Å²) < 4.78 is 52.3. The van der Waals surface area contributed by atoms with Gasteiger partial charge < -0.3 is 9.47 Å². The van der Waals surface area contributed by atoms with Gasteiger partial charge >= 0.3 is 12.1 Å². The summed E-state index contributed by atoms with van der Waals surface area (Å²) in [5.41, 5.74) is -1.33. The molecule has 0 aliphatic carbocycles. The normalized spacial score (nSPS) is 14.6. The summed E-state index contributed by atoms with van der Waals surface area (Å²) in [4.78, 5) is 56.3. The molecule has 1 aliphatic rings. The predicted molar refractivity (Wildman–Crippen MR) is 165 cm³/mol. The van der Waals surface area contributed by atoms with E-state index in [1.54, 1.807) is 6.07 Å². The number of esters is 1. The highest BCUT2D eigenvalue weighted by Crippen LogP contribution is 2.41. The molecule has 0 N–H and O–H groups in total. The summed E-state index contributed by atoms with van der Waals surface area (Å²) in [7, 11) is 1.44. The van der Waals surface area contributed by atoms with Gasteiger partial charge in [0.2, 0.25) is 11.8 Å². The van der Waals surface area contributed by atoms with E-state index < -0.39 is 52.7 Å². The number of ether oxygens (including phenoxy) is 2. The molecule has 238 valence electrons. The van der Waals surface area contributed by atoms with Crippen LogP contribution in [0.1, 0.15) is 38.3 Å². The third kappa shape index (κ3) is 7.29. The van der Waals surface area contributed by atoms with Crippen LogP contribution >= 0.6 is 23.4 Å². The smallest absolute Gasteiger partial charge is 0.417 e. The second kappa shape index (κ2) is 13.7. The summed E-state index contributed by atoms with van der Waals surface area (Å²) >= 11 is 6.41. The zero-order valence-electron chi connectivity index (χ0n) is 24.2. The molecule has 14 heteroatoms. The second-order valence-electron chi connectivity index (χ2n) is 10.0. The highest BCUT2D eigenvalue weighted by atomic mass is 35.5. The van der Waals surface area contributed by atoms with Crippen LogP contribution in [0, 0.1) is 11.3 Å². The lowest BCUT2D eigenvalue weighted by molar-refractivity contribution is -0.138. The van der Waals surface area contributed by atoms with Crippen molar-refractivity contribution in [2.24, 2.45) is 0 Å². The van der Waals surface area contributed by atoms with Crippen molar-refractivity contribution < 1.29 is 41.8 Å². The number of ketones is 1. The number of imide groups is 1. The number of methoxy groups -OCH3 is 1. The van der Waals surface area contributed by atoms with Crippen LogP contribution in [0.2, 0.25) is 5.02 Å². The number of benzene rings is 3. The lowest BCUT2D eigenvalue weighted by Crippen LogP contribution is -2.31. The molecule has 2 amide bonds. The summed E-state index contributed by atoms with van der Waals surface area (Å²) in [5, 5.41) is 8.58. The predicted octanol–water partition coefficient (Wildman–Crippen LogP) is 6.76. The van der Waals surface area contributed by atoms with Gasteiger partial charge in [0.15, 0.2) is 12.4 Å². The molecule has 1 atom stereocenters. The van der Waals surface area contributed by atoms with Crippen LogP contribution in [0.4, 0.5) is 18.9 Å². The first-order valence-corrected chi connectivity index (χ1v) is 14.9. The number of carbonyl (C=O) groups is 4. The Morgan fingerprint density at radius 1 is 1.02 bits per heavy atom. The van der Waals surface area contributed by atoms with Gasteiger partial charge in [0.1, 0.15) is 16.8 Å². The van der Waals surface area contributed by atoms with E-state index in [1.807, 2.05) is 0 Å². The summed E-state index contributed by atoms with van der Waals surface area (Å²) in [5.74, 6) is -2.18. The maximum atomic E-state index is 14.0.